The lowest BCUT2D eigenvalue weighted by atomic mass is 10.1. The van der Waals surface area contributed by atoms with Gasteiger partial charge in [-0.2, -0.15) is 0 Å². The molecule has 0 saturated carbocycles. The number of pyridine rings is 1. The van der Waals surface area contributed by atoms with Crippen molar-refractivity contribution >= 4 is 17.4 Å². The normalized spacial score (nSPS) is 10.2. The van der Waals surface area contributed by atoms with Crippen LogP contribution < -0.4 is 5.32 Å². The molecule has 2 aromatic rings. The molecule has 0 aliphatic carbocycles. The summed E-state index contributed by atoms with van der Waals surface area (Å²) in [5, 5.41) is 13.6. The summed E-state index contributed by atoms with van der Waals surface area (Å²) in [6.45, 7) is 3.75. The Bertz CT molecular complexity index is 678. The van der Waals surface area contributed by atoms with Gasteiger partial charge in [0.2, 0.25) is 5.91 Å². The molecule has 21 heavy (non-hydrogen) atoms. The van der Waals surface area contributed by atoms with E-state index in [1.807, 2.05) is 19.9 Å². The molecular weight excluding hydrogens is 270 g/mol. The van der Waals surface area contributed by atoms with Gasteiger partial charge in [-0.3, -0.25) is 14.9 Å². The number of para-hydroxylation sites is 1. The zero-order valence-corrected chi connectivity index (χ0v) is 11.8. The number of nitrogens with one attached hydrogen (secondary N) is 1. The number of carbonyl (C=O) groups is 1. The molecule has 0 aliphatic rings. The van der Waals surface area contributed by atoms with Crippen molar-refractivity contribution in [2.75, 3.05) is 5.32 Å². The summed E-state index contributed by atoms with van der Waals surface area (Å²) in [7, 11) is 0. The second-order valence-corrected chi connectivity index (χ2v) is 4.78. The Balaban J connectivity index is 2.14. The van der Waals surface area contributed by atoms with Crippen LogP contribution in [0.2, 0.25) is 0 Å². The first kappa shape index (κ1) is 14.6. The highest BCUT2D eigenvalue weighted by molar-refractivity contribution is 5.92. The second kappa shape index (κ2) is 6.13. The summed E-state index contributed by atoms with van der Waals surface area (Å²) >= 11 is 0. The largest absolute Gasteiger partial charge is 0.310 e. The molecule has 0 spiro atoms. The molecular formula is C15H15N3O3. The number of rotatable bonds is 4. The zero-order chi connectivity index (χ0) is 15.4. The molecule has 2 rings (SSSR count). The molecule has 0 radical (unpaired) electrons. The van der Waals surface area contributed by atoms with Crippen LogP contribution in [0.25, 0.3) is 0 Å². The van der Waals surface area contributed by atoms with Crippen LogP contribution in [-0.4, -0.2) is 15.8 Å². The standard InChI is InChI=1S/C15H15N3O3/c1-10-7-11(2)16-14(8-10)17-15(19)9-12-5-3-4-6-13(12)18(20)21/h3-8H,9H2,1-2H3,(H,16,17,19). The minimum Gasteiger partial charge on any atom is -0.310 e. The Morgan fingerprint density at radius 1 is 1.29 bits per heavy atom. The van der Waals surface area contributed by atoms with E-state index in [9.17, 15) is 14.9 Å². The fourth-order valence-corrected chi connectivity index (χ4v) is 2.10. The predicted molar refractivity (Wildman–Crippen MR) is 79.1 cm³/mol. The van der Waals surface area contributed by atoms with E-state index in [1.165, 1.54) is 6.07 Å². The number of benzene rings is 1. The van der Waals surface area contributed by atoms with Crippen LogP contribution in [0, 0.1) is 24.0 Å². The number of aryl methyl sites for hydroxylation is 2. The number of aromatic nitrogens is 1. The van der Waals surface area contributed by atoms with E-state index in [-0.39, 0.29) is 18.0 Å². The summed E-state index contributed by atoms with van der Waals surface area (Å²) < 4.78 is 0. The van der Waals surface area contributed by atoms with Crippen molar-refractivity contribution in [1.29, 1.82) is 0 Å². The first-order valence-corrected chi connectivity index (χ1v) is 6.43. The Hall–Kier alpha value is -2.76. The number of hydrogen-bond acceptors (Lipinski definition) is 4. The molecule has 0 saturated heterocycles. The van der Waals surface area contributed by atoms with E-state index in [0.29, 0.717) is 11.4 Å². The van der Waals surface area contributed by atoms with Gasteiger partial charge in [-0.15, -0.1) is 0 Å². The summed E-state index contributed by atoms with van der Waals surface area (Å²) in [6, 6.07) is 9.86. The van der Waals surface area contributed by atoms with Gasteiger partial charge < -0.3 is 5.32 Å². The van der Waals surface area contributed by atoms with Crippen molar-refractivity contribution in [2.45, 2.75) is 20.3 Å². The quantitative estimate of drug-likeness (QED) is 0.691. The molecule has 0 unspecified atom stereocenters. The lowest BCUT2D eigenvalue weighted by Crippen LogP contribution is -2.16. The Kier molecular flexibility index (Phi) is 4.27. The van der Waals surface area contributed by atoms with Gasteiger partial charge >= 0.3 is 0 Å². The molecule has 6 heteroatoms. The third-order valence-electron chi connectivity index (χ3n) is 2.90. The van der Waals surface area contributed by atoms with E-state index in [2.05, 4.69) is 10.3 Å². The van der Waals surface area contributed by atoms with Crippen LogP contribution in [0.15, 0.2) is 36.4 Å². The third kappa shape index (κ3) is 3.85. The number of carbonyl (C=O) groups excluding carboxylic acids is 1. The van der Waals surface area contributed by atoms with Crippen LogP contribution in [0.5, 0.6) is 0 Å². The Morgan fingerprint density at radius 2 is 2.00 bits per heavy atom. The summed E-state index contributed by atoms with van der Waals surface area (Å²) in [5.41, 5.74) is 2.12. The van der Waals surface area contributed by atoms with Gasteiger partial charge in [-0.1, -0.05) is 18.2 Å². The van der Waals surface area contributed by atoms with Crippen molar-refractivity contribution < 1.29 is 9.72 Å². The van der Waals surface area contributed by atoms with E-state index in [4.69, 9.17) is 0 Å². The maximum absolute atomic E-state index is 12.0. The second-order valence-electron chi connectivity index (χ2n) is 4.78. The number of nitro benzene ring substituents is 1. The Morgan fingerprint density at radius 3 is 2.67 bits per heavy atom. The highest BCUT2D eigenvalue weighted by Gasteiger charge is 2.15. The minimum atomic E-state index is -0.488. The SMILES string of the molecule is Cc1cc(C)nc(NC(=O)Cc2ccccc2[N+](=O)[O-])c1. The monoisotopic (exact) mass is 285 g/mol. The fraction of sp³-hybridized carbons (Fsp3) is 0.200. The highest BCUT2D eigenvalue weighted by atomic mass is 16.6. The number of nitro groups is 1. The average Bonchev–Trinajstić information content (AvgIpc) is 2.37. The van der Waals surface area contributed by atoms with Crippen molar-refractivity contribution in [3.63, 3.8) is 0 Å². The van der Waals surface area contributed by atoms with Gasteiger partial charge in [0.15, 0.2) is 0 Å². The van der Waals surface area contributed by atoms with Crippen molar-refractivity contribution in [1.82, 2.24) is 4.98 Å². The fourth-order valence-electron chi connectivity index (χ4n) is 2.10. The molecule has 0 aliphatic heterocycles. The molecule has 1 aromatic carbocycles. The maximum Gasteiger partial charge on any atom is 0.273 e. The van der Waals surface area contributed by atoms with Crippen molar-refractivity contribution in [3.8, 4) is 0 Å². The smallest absolute Gasteiger partial charge is 0.273 e. The summed E-state index contributed by atoms with van der Waals surface area (Å²) in [6.07, 6.45) is -0.0637. The molecule has 0 atom stereocenters. The van der Waals surface area contributed by atoms with Gasteiger partial charge in [0.05, 0.1) is 11.3 Å². The van der Waals surface area contributed by atoms with Crippen LogP contribution in [0.1, 0.15) is 16.8 Å². The topological polar surface area (TPSA) is 85.1 Å². The zero-order valence-electron chi connectivity index (χ0n) is 11.8. The van der Waals surface area contributed by atoms with E-state index >= 15 is 0 Å². The van der Waals surface area contributed by atoms with Gasteiger partial charge in [0.1, 0.15) is 5.82 Å². The lowest BCUT2D eigenvalue weighted by molar-refractivity contribution is -0.385. The van der Waals surface area contributed by atoms with Gasteiger partial charge in [-0.25, -0.2) is 4.98 Å². The molecule has 6 nitrogen and oxygen atoms in total. The van der Waals surface area contributed by atoms with E-state index in [1.54, 1.807) is 24.3 Å². The first-order valence-electron chi connectivity index (χ1n) is 6.43. The first-order chi connectivity index (χ1) is 9.95. The molecule has 108 valence electrons. The van der Waals surface area contributed by atoms with Crippen molar-refractivity contribution in [3.05, 3.63) is 63.3 Å². The highest BCUT2D eigenvalue weighted by Crippen LogP contribution is 2.18. The number of hydrogen-bond donors (Lipinski definition) is 1. The van der Waals surface area contributed by atoms with E-state index in [0.717, 1.165) is 11.3 Å². The molecule has 1 heterocycles. The van der Waals surface area contributed by atoms with Crippen LogP contribution in [-0.2, 0) is 11.2 Å². The summed E-state index contributed by atoms with van der Waals surface area (Å²) in [5.74, 6) is 0.123. The van der Waals surface area contributed by atoms with Crippen molar-refractivity contribution in [2.24, 2.45) is 0 Å². The maximum atomic E-state index is 12.0. The van der Waals surface area contributed by atoms with Crippen LogP contribution >= 0.6 is 0 Å². The lowest BCUT2D eigenvalue weighted by Gasteiger charge is -2.07. The number of anilines is 1. The minimum absolute atomic E-state index is 0.0546. The predicted octanol–water partition coefficient (Wildman–Crippen LogP) is 2.79. The third-order valence-corrected chi connectivity index (χ3v) is 2.90. The van der Waals surface area contributed by atoms with Crippen LogP contribution in [0.3, 0.4) is 0 Å². The molecule has 0 bridgehead atoms. The molecule has 0 fully saturated rings. The van der Waals surface area contributed by atoms with Crippen LogP contribution in [0.4, 0.5) is 11.5 Å². The average molecular weight is 285 g/mol. The van der Waals surface area contributed by atoms with Gasteiger partial charge in [0.25, 0.3) is 5.69 Å². The van der Waals surface area contributed by atoms with E-state index < -0.39 is 4.92 Å². The summed E-state index contributed by atoms with van der Waals surface area (Å²) in [4.78, 5) is 26.6. The molecule has 1 N–H and O–H groups in total. The van der Waals surface area contributed by atoms with Gasteiger partial charge in [-0.05, 0) is 31.5 Å². The molecule has 1 aromatic heterocycles. The Labute approximate surface area is 122 Å². The number of nitrogens with zero attached hydrogens (tertiary/aromatic N) is 2. The van der Waals surface area contributed by atoms with Gasteiger partial charge in [0, 0.05) is 17.3 Å². The molecule has 1 amide bonds. The number of amides is 1.